The standard InChI is InChI=1S/C10H21F3N4O/c1-2-18-8-4-7-16-9(17-14)15-6-3-5-10(11,12)13/h2-8,14H2,1H3,(H2,15,16,17). The molecule has 0 aliphatic rings. The molecule has 5 nitrogen and oxygen atoms in total. The van der Waals surface area contributed by atoms with Gasteiger partial charge in [0.05, 0.1) is 0 Å². The Morgan fingerprint density at radius 1 is 1.33 bits per heavy atom. The predicted molar refractivity (Wildman–Crippen MR) is 64.0 cm³/mol. The first kappa shape index (κ1) is 17.0. The highest BCUT2D eigenvalue weighted by Gasteiger charge is 2.25. The molecule has 0 aliphatic heterocycles. The van der Waals surface area contributed by atoms with Gasteiger partial charge in [-0.2, -0.15) is 13.2 Å². The van der Waals surface area contributed by atoms with Crippen molar-refractivity contribution in [3.8, 4) is 0 Å². The van der Waals surface area contributed by atoms with E-state index in [1.165, 1.54) is 0 Å². The van der Waals surface area contributed by atoms with Crippen molar-refractivity contribution in [3.05, 3.63) is 0 Å². The molecule has 108 valence electrons. The second-order valence-electron chi connectivity index (χ2n) is 3.57. The van der Waals surface area contributed by atoms with Crippen LogP contribution in [0.2, 0.25) is 0 Å². The number of nitrogens with one attached hydrogen (secondary N) is 2. The molecule has 0 aromatic heterocycles. The summed E-state index contributed by atoms with van der Waals surface area (Å²) < 4.78 is 40.7. The maximum absolute atomic E-state index is 11.9. The fraction of sp³-hybridized carbons (Fsp3) is 0.900. The highest BCUT2D eigenvalue weighted by atomic mass is 19.4. The minimum Gasteiger partial charge on any atom is -0.382 e. The summed E-state index contributed by atoms with van der Waals surface area (Å²) in [5.41, 5.74) is 2.31. The van der Waals surface area contributed by atoms with Gasteiger partial charge in [0.15, 0.2) is 0 Å². The summed E-state index contributed by atoms with van der Waals surface area (Å²) >= 11 is 0. The Balaban J connectivity index is 3.65. The number of ether oxygens (including phenoxy) is 1. The number of aliphatic imine (C=N–C) groups is 1. The van der Waals surface area contributed by atoms with E-state index in [1.54, 1.807) is 0 Å². The Morgan fingerprint density at radius 2 is 2.06 bits per heavy atom. The fourth-order valence-corrected chi connectivity index (χ4v) is 1.15. The van der Waals surface area contributed by atoms with E-state index < -0.39 is 12.6 Å². The van der Waals surface area contributed by atoms with Gasteiger partial charge in [-0.15, -0.1) is 0 Å². The van der Waals surface area contributed by atoms with Gasteiger partial charge in [0.25, 0.3) is 0 Å². The first-order valence-electron chi connectivity index (χ1n) is 5.89. The van der Waals surface area contributed by atoms with Crippen molar-refractivity contribution in [2.24, 2.45) is 10.8 Å². The number of rotatable bonds is 8. The molecule has 8 heteroatoms. The van der Waals surface area contributed by atoms with Crippen LogP contribution in [0.25, 0.3) is 0 Å². The van der Waals surface area contributed by atoms with Gasteiger partial charge in [-0.1, -0.05) is 0 Å². The summed E-state index contributed by atoms with van der Waals surface area (Å²) in [4.78, 5) is 4.06. The third-order valence-corrected chi connectivity index (χ3v) is 1.99. The van der Waals surface area contributed by atoms with E-state index in [0.29, 0.717) is 25.7 Å². The van der Waals surface area contributed by atoms with Crippen molar-refractivity contribution < 1.29 is 17.9 Å². The fourth-order valence-electron chi connectivity index (χ4n) is 1.15. The highest BCUT2D eigenvalue weighted by molar-refractivity contribution is 5.79. The van der Waals surface area contributed by atoms with Gasteiger partial charge >= 0.3 is 6.18 Å². The number of guanidine groups is 1. The number of nitrogens with two attached hydrogens (primary N) is 1. The van der Waals surface area contributed by atoms with Crippen LogP contribution >= 0.6 is 0 Å². The molecule has 18 heavy (non-hydrogen) atoms. The van der Waals surface area contributed by atoms with Crippen molar-refractivity contribution in [1.82, 2.24) is 10.7 Å². The Morgan fingerprint density at radius 3 is 2.61 bits per heavy atom. The van der Waals surface area contributed by atoms with Gasteiger partial charge in [-0.25, -0.2) is 5.84 Å². The molecule has 0 fully saturated rings. The lowest BCUT2D eigenvalue weighted by atomic mass is 10.3. The number of alkyl halides is 3. The van der Waals surface area contributed by atoms with Crippen molar-refractivity contribution in [3.63, 3.8) is 0 Å². The van der Waals surface area contributed by atoms with E-state index in [-0.39, 0.29) is 13.0 Å². The number of hydrazine groups is 1. The molecule has 0 unspecified atom stereocenters. The second-order valence-corrected chi connectivity index (χ2v) is 3.57. The lowest BCUT2D eigenvalue weighted by Crippen LogP contribution is -2.42. The SMILES string of the molecule is CCOCCCN=C(NN)NCCCC(F)(F)F. The van der Waals surface area contributed by atoms with Crippen LogP contribution in [0.4, 0.5) is 13.2 Å². The summed E-state index contributed by atoms with van der Waals surface area (Å²) in [6.07, 6.45) is -4.21. The summed E-state index contributed by atoms with van der Waals surface area (Å²) in [6, 6.07) is 0. The maximum Gasteiger partial charge on any atom is 0.389 e. The van der Waals surface area contributed by atoms with Crippen LogP contribution in [0.5, 0.6) is 0 Å². The topological polar surface area (TPSA) is 71.7 Å². The van der Waals surface area contributed by atoms with Crippen LogP contribution < -0.4 is 16.6 Å². The van der Waals surface area contributed by atoms with Gasteiger partial charge in [0, 0.05) is 32.7 Å². The summed E-state index contributed by atoms with van der Waals surface area (Å²) in [6.45, 7) is 3.84. The molecule has 0 heterocycles. The van der Waals surface area contributed by atoms with Crippen LogP contribution in [0, 0.1) is 0 Å². The zero-order valence-corrected chi connectivity index (χ0v) is 10.5. The lowest BCUT2D eigenvalue weighted by Gasteiger charge is -2.10. The van der Waals surface area contributed by atoms with Gasteiger partial charge in [0.1, 0.15) is 0 Å². The Labute approximate surface area is 105 Å². The van der Waals surface area contributed by atoms with Gasteiger partial charge in [0.2, 0.25) is 5.96 Å². The average molecular weight is 270 g/mol. The van der Waals surface area contributed by atoms with E-state index in [4.69, 9.17) is 10.6 Å². The number of hydrogen-bond acceptors (Lipinski definition) is 3. The van der Waals surface area contributed by atoms with Crippen LogP contribution in [0.15, 0.2) is 4.99 Å². The molecule has 0 saturated carbocycles. The molecule has 0 saturated heterocycles. The van der Waals surface area contributed by atoms with Gasteiger partial charge in [-0.05, 0) is 19.8 Å². The molecule has 0 radical (unpaired) electrons. The maximum atomic E-state index is 11.9. The molecule has 0 aliphatic carbocycles. The molecule has 0 bridgehead atoms. The van der Waals surface area contributed by atoms with Crippen molar-refractivity contribution in [2.45, 2.75) is 32.4 Å². The predicted octanol–water partition coefficient (Wildman–Crippen LogP) is 1.16. The zero-order chi connectivity index (χ0) is 13.9. The van der Waals surface area contributed by atoms with Crippen LogP contribution in [-0.2, 0) is 4.74 Å². The monoisotopic (exact) mass is 270 g/mol. The summed E-state index contributed by atoms with van der Waals surface area (Å²) in [5, 5.41) is 2.71. The molecule has 0 spiro atoms. The average Bonchev–Trinajstić information content (AvgIpc) is 2.30. The molecule has 0 aromatic carbocycles. The van der Waals surface area contributed by atoms with Gasteiger partial charge in [-0.3, -0.25) is 10.4 Å². The largest absolute Gasteiger partial charge is 0.389 e. The summed E-state index contributed by atoms with van der Waals surface area (Å²) in [5.74, 6) is 5.48. The van der Waals surface area contributed by atoms with Gasteiger partial charge < -0.3 is 10.1 Å². The second kappa shape index (κ2) is 9.95. The number of hydrogen-bond donors (Lipinski definition) is 3. The minimum absolute atomic E-state index is 0.0108. The lowest BCUT2D eigenvalue weighted by molar-refractivity contribution is -0.135. The molecule has 0 rings (SSSR count). The van der Waals surface area contributed by atoms with E-state index >= 15 is 0 Å². The molecular formula is C10H21F3N4O. The molecule has 4 N–H and O–H groups in total. The number of nitrogens with zero attached hydrogens (tertiary/aromatic N) is 1. The minimum atomic E-state index is -4.12. The van der Waals surface area contributed by atoms with E-state index in [2.05, 4.69) is 15.7 Å². The zero-order valence-electron chi connectivity index (χ0n) is 10.5. The Hall–Kier alpha value is -1.02. The molecule has 0 amide bonds. The van der Waals surface area contributed by atoms with Crippen molar-refractivity contribution >= 4 is 5.96 Å². The van der Waals surface area contributed by atoms with E-state index in [9.17, 15) is 13.2 Å². The number of halogens is 3. The van der Waals surface area contributed by atoms with Crippen LogP contribution in [0.3, 0.4) is 0 Å². The van der Waals surface area contributed by atoms with Crippen LogP contribution in [-0.4, -0.2) is 38.4 Å². The smallest absolute Gasteiger partial charge is 0.382 e. The van der Waals surface area contributed by atoms with E-state index in [1.807, 2.05) is 6.92 Å². The quantitative estimate of drug-likeness (QED) is 0.203. The Kier molecular flexibility index (Phi) is 9.39. The van der Waals surface area contributed by atoms with Crippen molar-refractivity contribution in [2.75, 3.05) is 26.3 Å². The van der Waals surface area contributed by atoms with Crippen LogP contribution in [0.1, 0.15) is 26.2 Å². The molecule has 0 atom stereocenters. The molecular weight excluding hydrogens is 249 g/mol. The normalized spacial score (nSPS) is 12.6. The third kappa shape index (κ3) is 11.5. The third-order valence-electron chi connectivity index (χ3n) is 1.99. The Bertz CT molecular complexity index is 234. The first-order chi connectivity index (χ1) is 8.49. The summed E-state index contributed by atoms with van der Waals surface area (Å²) in [7, 11) is 0. The first-order valence-corrected chi connectivity index (χ1v) is 5.89. The van der Waals surface area contributed by atoms with Crippen molar-refractivity contribution in [1.29, 1.82) is 0 Å². The highest BCUT2D eigenvalue weighted by Crippen LogP contribution is 2.20. The molecule has 0 aromatic rings. The van der Waals surface area contributed by atoms with E-state index in [0.717, 1.165) is 6.42 Å².